The van der Waals surface area contributed by atoms with Crippen molar-refractivity contribution in [3.05, 3.63) is 0 Å². The Morgan fingerprint density at radius 1 is 0.181 bits per heavy atom. The van der Waals surface area contributed by atoms with Crippen LogP contribution >= 0.6 is 0 Å². The minimum absolute atomic E-state index is 0. The zero-order chi connectivity index (χ0) is 71.0. The van der Waals surface area contributed by atoms with Crippen LogP contribution in [0.3, 0.4) is 0 Å². The summed E-state index contributed by atoms with van der Waals surface area (Å²) in [5.41, 5.74) is 0. The molecule has 0 radical (unpaired) electrons. The van der Waals surface area contributed by atoms with E-state index >= 15 is 0 Å². The minimum Gasteiger partial charge on any atom is -0.481 e. The molecule has 0 aliphatic carbocycles. The predicted octanol–water partition coefficient (Wildman–Crippen LogP) is 24.7. The van der Waals surface area contributed by atoms with Crippen molar-refractivity contribution in [3.8, 4) is 0 Å². The smallest absolute Gasteiger partial charge is 0.303 e. The summed E-state index contributed by atoms with van der Waals surface area (Å²) in [6, 6.07) is 0. The summed E-state index contributed by atoms with van der Waals surface area (Å²) in [5.74, 6) is -3.96. The average Bonchev–Trinajstić information content (AvgIpc) is 3.57. The number of hydrogen-bond donors (Lipinski definition) is 8. The SMILES string of the molecule is CC(C)O.CC(C)O.CCCCCCCCCCCC(=O)O.CCCCCCCCCCCC(=O)O.CCCCCCCCCCCC(=O)O.CCCCCCCCCCCC(=O)O.CCCCCCCCCCCC(=O)O.CCCCCCCCCCCC(=O)O.[Ti].[Ti]. The van der Waals surface area contributed by atoms with Gasteiger partial charge in [-0.05, 0) is 66.2 Å². The maximum atomic E-state index is 10.2. The number of carbonyl (C=O) groups is 6. The Kier molecular flexibility index (Phi) is 133. The molecule has 0 aromatic rings. The van der Waals surface area contributed by atoms with Crippen molar-refractivity contribution >= 4 is 35.8 Å². The van der Waals surface area contributed by atoms with Crippen molar-refractivity contribution in [3.63, 3.8) is 0 Å². The largest absolute Gasteiger partial charge is 0.481 e. The van der Waals surface area contributed by atoms with Gasteiger partial charge in [0.15, 0.2) is 0 Å². The molecule has 0 atom stereocenters. The summed E-state index contributed by atoms with van der Waals surface area (Å²) in [5, 5.41) is 66.6. The Hall–Kier alpha value is -1.83. The van der Waals surface area contributed by atoms with Gasteiger partial charge in [0.2, 0.25) is 0 Å². The van der Waals surface area contributed by atoms with Gasteiger partial charge < -0.3 is 40.9 Å². The second-order valence-corrected chi connectivity index (χ2v) is 26.0. The topological polar surface area (TPSA) is 264 Å². The molecule has 0 aromatic carbocycles. The molecule has 0 heterocycles. The molecule has 94 heavy (non-hydrogen) atoms. The number of carboxylic acid groups (broad SMARTS) is 6. The van der Waals surface area contributed by atoms with Crippen molar-refractivity contribution < 1.29 is 113 Å². The summed E-state index contributed by atoms with van der Waals surface area (Å²) < 4.78 is 0. The van der Waals surface area contributed by atoms with Crippen LogP contribution in [0.2, 0.25) is 0 Å². The Morgan fingerprint density at radius 3 is 0.309 bits per heavy atom. The van der Waals surface area contributed by atoms with E-state index in [-0.39, 0.29) is 55.6 Å². The predicted molar refractivity (Wildman–Crippen MR) is 392 cm³/mol. The van der Waals surface area contributed by atoms with Crippen molar-refractivity contribution in [2.24, 2.45) is 0 Å². The Labute approximate surface area is 611 Å². The van der Waals surface area contributed by atoms with Crippen LogP contribution in [0.5, 0.6) is 0 Å². The van der Waals surface area contributed by atoms with Gasteiger partial charge in [-0.2, -0.15) is 0 Å². The molecule has 0 aliphatic rings. The normalized spacial score (nSPS) is 10.0. The van der Waals surface area contributed by atoms with Gasteiger partial charge >= 0.3 is 35.8 Å². The Morgan fingerprint density at radius 2 is 0.245 bits per heavy atom. The van der Waals surface area contributed by atoms with Crippen LogP contribution < -0.4 is 0 Å². The van der Waals surface area contributed by atoms with Gasteiger partial charge in [-0.1, -0.05) is 350 Å². The molecule has 14 nitrogen and oxygen atoms in total. The number of unbranched alkanes of at least 4 members (excludes halogenated alkanes) is 48. The molecule has 564 valence electrons. The van der Waals surface area contributed by atoms with Crippen LogP contribution in [-0.4, -0.2) is 88.9 Å². The van der Waals surface area contributed by atoms with E-state index < -0.39 is 35.8 Å². The van der Waals surface area contributed by atoms with E-state index in [1.807, 2.05) is 0 Å². The molecule has 0 spiro atoms. The number of rotatable bonds is 60. The molecule has 0 amide bonds. The third-order valence-electron chi connectivity index (χ3n) is 15.0. The maximum absolute atomic E-state index is 10.2. The van der Waals surface area contributed by atoms with Gasteiger partial charge in [0.05, 0.1) is 0 Å². The summed E-state index contributed by atoms with van der Waals surface area (Å²) >= 11 is 0. The van der Waals surface area contributed by atoms with Gasteiger partial charge in [-0.15, -0.1) is 0 Å². The third-order valence-corrected chi connectivity index (χ3v) is 15.0. The van der Waals surface area contributed by atoms with E-state index in [2.05, 4.69) is 41.5 Å². The molecule has 0 rings (SSSR count). The number of aliphatic hydroxyl groups excluding tert-OH is 2. The standard InChI is InChI=1S/6C12H24O2.2C3H8O.2Ti/c6*1-2-3-4-5-6-7-8-9-10-11-12(13)14;2*1-3(2)4;;/h6*2-11H2,1H3,(H,13,14);2*3-4H,1-2H3;;. The summed E-state index contributed by atoms with van der Waals surface area (Å²) in [6.07, 6.45) is 68.5. The molecule has 0 aromatic heterocycles. The fourth-order valence-electron chi connectivity index (χ4n) is 9.52. The quantitative estimate of drug-likeness (QED) is 0.0208. The van der Waals surface area contributed by atoms with Crippen LogP contribution in [0.1, 0.15) is 454 Å². The van der Waals surface area contributed by atoms with E-state index in [1.54, 1.807) is 27.7 Å². The van der Waals surface area contributed by atoms with Gasteiger partial charge in [-0.3, -0.25) is 28.8 Å². The summed E-state index contributed by atoms with van der Waals surface area (Å²) in [6.45, 7) is 20.3. The molecule has 0 aliphatic heterocycles. The molecular weight excluding hydrogens is 1260 g/mol. The fraction of sp³-hybridized carbons (Fsp3) is 0.923. The average molecular weight is 1420 g/mol. The first kappa shape index (κ1) is 113. The van der Waals surface area contributed by atoms with Crippen molar-refractivity contribution in [1.82, 2.24) is 0 Å². The zero-order valence-electron chi connectivity index (χ0n) is 63.6. The maximum Gasteiger partial charge on any atom is 0.303 e. The van der Waals surface area contributed by atoms with Crippen molar-refractivity contribution in [1.29, 1.82) is 0 Å². The van der Waals surface area contributed by atoms with Crippen molar-refractivity contribution in [2.75, 3.05) is 0 Å². The number of carboxylic acids is 6. The van der Waals surface area contributed by atoms with E-state index in [1.165, 1.54) is 270 Å². The first-order valence-electron chi connectivity index (χ1n) is 38.8. The van der Waals surface area contributed by atoms with Crippen LogP contribution in [0, 0.1) is 0 Å². The first-order chi connectivity index (χ1) is 44.1. The molecular formula is C78H160O14Ti2. The second-order valence-electron chi connectivity index (χ2n) is 26.0. The molecule has 0 saturated heterocycles. The van der Waals surface area contributed by atoms with Gasteiger partial charge in [0.25, 0.3) is 0 Å². The van der Waals surface area contributed by atoms with Crippen LogP contribution in [-0.2, 0) is 72.2 Å². The van der Waals surface area contributed by atoms with Crippen LogP contribution in [0.4, 0.5) is 0 Å². The van der Waals surface area contributed by atoms with E-state index in [0.29, 0.717) is 38.5 Å². The molecule has 0 bridgehead atoms. The first-order valence-corrected chi connectivity index (χ1v) is 38.8. The fourth-order valence-corrected chi connectivity index (χ4v) is 9.52. The number of aliphatic hydroxyl groups is 2. The second kappa shape index (κ2) is 110. The molecule has 16 heteroatoms. The van der Waals surface area contributed by atoms with Crippen LogP contribution in [0.15, 0.2) is 0 Å². The molecule has 0 unspecified atom stereocenters. The summed E-state index contributed by atoms with van der Waals surface area (Å²) in [7, 11) is 0. The Balaban J connectivity index is -0.000000109. The Bertz CT molecular complexity index is 1140. The summed E-state index contributed by atoms with van der Waals surface area (Å²) in [4.78, 5) is 61.2. The molecule has 8 N–H and O–H groups in total. The van der Waals surface area contributed by atoms with Gasteiger partial charge in [0, 0.05) is 94.2 Å². The molecule has 0 saturated carbocycles. The minimum atomic E-state index is -0.659. The number of hydrogen-bond acceptors (Lipinski definition) is 8. The van der Waals surface area contributed by atoms with Gasteiger partial charge in [-0.25, -0.2) is 0 Å². The van der Waals surface area contributed by atoms with E-state index in [0.717, 1.165) is 77.0 Å². The zero-order valence-corrected chi connectivity index (χ0v) is 66.7. The van der Waals surface area contributed by atoms with Crippen LogP contribution in [0.25, 0.3) is 0 Å². The van der Waals surface area contributed by atoms with Crippen molar-refractivity contribution in [2.45, 2.75) is 467 Å². The van der Waals surface area contributed by atoms with E-state index in [9.17, 15) is 28.8 Å². The monoisotopic (exact) mass is 1420 g/mol. The van der Waals surface area contributed by atoms with Gasteiger partial charge in [0.1, 0.15) is 0 Å². The van der Waals surface area contributed by atoms with E-state index in [4.69, 9.17) is 40.9 Å². The molecule has 0 fully saturated rings. The number of aliphatic carboxylic acids is 6. The third kappa shape index (κ3) is 174.